The number of pyridine rings is 1. The number of rotatable bonds is 3. The van der Waals surface area contributed by atoms with Crippen molar-refractivity contribution >= 4 is 5.69 Å². The van der Waals surface area contributed by atoms with Crippen molar-refractivity contribution in [1.29, 1.82) is 0 Å². The van der Waals surface area contributed by atoms with Crippen LogP contribution in [-0.2, 0) is 16.5 Å². The van der Waals surface area contributed by atoms with E-state index in [1.54, 1.807) is 27.7 Å². The second-order valence-electron chi connectivity index (χ2n) is 10.0. The monoisotopic (exact) mass is 552 g/mol. The molecule has 212 valence electrons. The van der Waals surface area contributed by atoms with Gasteiger partial charge in [0.25, 0.3) is 11.8 Å². The number of ether oxygens (including phenoxy) is 1. The highest BCUT2D eigenvalue weighted by molar-refractivity contribution is 5.71. The van der Waals surface area contributed by atoms with E-state index in [1.165, 1.54) is 6.08 Å². The molecule has 0 fully saturated rings. The number of hydrogen-bond donors (Lipinski definition) is 3. The molecule has 2 unspecified atom stereocenters. The summed E-state index contributed by atoms with van der Waals surface area (Å²) in [4.78, 5) is 3.97. The summed E-state index contributed by atoms with van der Waals surface area (Å²) in [5, 5.41) is 30.8. The van der Waals surface area contributed by atoms with E-state index in [4.69, 9.17) is 9.15 Å². The number of alkyl halides is 6. The van der Waals surface area contributed by atoms with Gasteiger partial charge in [-0.05, 0) is 59.1 Å². The van der Waals surface area contributed by atoms with Crippen molar-refractivity contribution in [2.24, 2.45) is 0 Å². The summed E-state index contributed by atoms with van der Waals surface area (Å²) in [5.41, 5.74) is -7.04. The fourth-order valence-electron chi connectivity index (χ4n) is 3.95. The van der Waals surface area contributed by atoms with E-state index in [-0.39, 0.29) is 37.3 Å². The van der Waals surface area contributed by atoms with Crippen LogP contribution in [0, 0.1) is 0 Å². The van der Waals surface area contributed by atoms with Crippen LogP contribution >= 0.6 is 0 Å². The molecule has 3 rings (SSSR count). The second-order valence-corrected chi connectivity index (χ2v) is 10.0. The zero-order valence-corrected chi connectivity index (χ0v) is 21.3. The SMILES string of the molecule is C/C=C(\Nc1cc(C(F)(F)F)c2nc1-c1nnc(o1)C(O)(C(F)(F)F)CCCCCCC2O)OC(C)(C)C. The third kappa shape index (κ3) is 6.57. The van der Waals surface area contributed by atoms with Crippen LogP contribution in [0.2, 0.25) is 0 Å². The van der Waals surface area contributed by atoms with Gasteiger partial charge in [-0.25, -0.2) is 4.98 Å². The second kappa shape index (κ2) is 10.7. The predicted octanol–water partition coefficient (Wildman–Crippen LogP) is 6.38. The number of nitrogens with zero attached hydrogens (tertiary/aromatic N) is 3. The summed E-state index contributed by atoms with van der Waals surface area (Å²) in [5.74, 6) is -1.83. The summed E-state index contributed by atoms with van der Waals surface area (Å²) in [6.07, 6.45) is -10.5. The number of nitrogens with one attached hydrogen (secondary N) is 1. The maximum absolute atomic E-state index is 14.1. The van der Waals surface area contributed by atoms with E-state index in [0.29, 0.717) is 12.5 Å². The molecule has 14 heteroatoms. The Bertz CT molecular complexity index is 1160. The van der Waals surface area contributed by atoms with Crippen molar-refractivity contribution in [2.75, 3.05) is 5.32 Å². The van der Waals surface area contributed by atoms with E-state index in [9.17, 15) is 36.6 Å². The lowest BCUT2D eigenvalue weighted by Gasteiger charge is -2.27. The van der Waals surface area contributed by atoms with Gasteiger partial charge in [-0.1, -0.05) is 19.3 Å². The summed E-state index contributed by atoms with van der Waals surface area (Å²) >= 11 is 0. The first-order valence-electron chi connectivity index (χ1n) is 12.0. The van der Waals surface area contributed by atoms with Crippen molar-refractivity contribution in [2.45, 2.75) is 95.9 Å². The standard InChI is InChI=1S/C24H30F6N4O4/c1-5-16(38-21(2,3)4)31-14-12-13(23(25,26)27)17-15(35)10-8-6-7-9-11-22(36,24(28,29)30)20-34-33-19(37-20)18(14)32-17/h5,12,15,31,35-36H,6-11H2,1-4H3/b16-5+. The lowest BCUT2D eigenvalue weighted by atomic mass is 9.94. The van der Waals surface area contributed by atoms with E-state index < -0.39 is 64.8 Å². The van der Waals surface area contributed by atoms with Gasteiger partial charge in [0.1, 0.15) is 5.60 Å². The predicted molar refractivity (Wildman–Crippen MR) is 123 cm³/mol. The maximum atomic E-state index is 14.1. The number of aliphatic hydroxyl groups is 2. The van der Waals surface area contributed by atoms with E-state index in [0.717, 1.165) is 0 Å². The molecule has 0 spiro atoms. The fourth-order valence-corrected chi connectivity index (χ4v) is 3.95. The topological polar surface area (TPSA) is 114 Å². The number of hydrogen-bond acceptors (Lipinski definition) is 8. The number of fused-ring (bicyclic) bond motifs is 5. The fraction of sp³-hybridized carbons (Fsp3) is 0.625. The van der Waals surface area contributed by atoms with Crippen LogP contribution in [0.25, 0.3) is 11.6 Å². The smallest absolute Gasteiger partial charge is 0.426 e. The summed E-state index contributed by atoms with van der Waals surface area (Å²) in [7, 11) is 0. The van der Waals surface area contributed by atoms with Crippen LogP contribution in [0.1, 0.15) is 89.5 Å². The molecule has 0 saturated heterocycles. The van der Waals surface area contributed by atoms with Crippen molar-refractivity contribution < 1.29 is 45.7 Å². The number of halogens is 6. The third-order valence-corrected chi connectivity index (χ3v) is 5.83. The van der Waals surface area contributed by atoms with Crippen LogP contribution < -0.4 is 5.32 Å². The molecule has 0 saturated carbocycles. The molecule has 2 aromatic heterocycles. The van der Waals surface area contributed by atoms with Gasteiger partial charge in [-0.15, -0.1) is 10.2 Å². The Labute approximate surface area is 215 Å². The molecule has 0 aliphatic carbocycles. The molecule has 0 radical (unpaired) electrons. The van der Waals surface area contributed by atoms with Gasteiger partial charge in [-0.2, -0.15) is 26.3 Å². The van der Waals surface area contributed by atoms with Crippen molar-refractivity contribution in [3.63, 3.8) is 0 Å². The highest BCUT2D eigenvalue weighted by Gasteiger charge is 2.58. The normalized spacial score (nSPS) is 22.1. The Hall–Kier alpha value is -2.87. The summed E-state index contributed by atoms with van der Waals surface area (Å²) in [6.45, 7) is 6.65. The van der Waals surface area contributed by atoms with E-state index in [1.807, 2.05) is 0 Å². The van der Waals surface area contributed by atoms with Crippen LogP contribution in [0.5, 0.6) is 0 Å². The van der Waals surface area contributed by atoms with Crippen molar-refractivity contribution in [1.82, 2.24) is 15.2 Å². The minimum absolute atomic E-state index is 0.0166. The van der Waals surface area contributed by atoms with Gasteiger partial charge in [0.2, 0.25) is 5.60 Å². The molecule has 3 heterocycles. The molecule has 2 aromatic rings. The van der Waals surface area contributed by atoms with Gasteiger partial charge < -0.3 is 24.7 Å². The Balaban J connectivity index is 2.27. The Morgan fingerprint density at radius 2 is 1.76 bits per heavy atom. The quantitative estimate of drug-likeness (QED) is 0.297. The average molecular weight is 553 g/mol. The lowest BCUT2D eigenvalue weighted by Crippen LogP contribution is -2.42. The van der Waals surface area contributed by atoms with Gasteiger partial charge in [0.15, 0.2) is 11.6 Å². The average Bonchev–Trinajstić information content (AvgIpc) is 3.28. The van der Waals surface area contributed by atoms with Gasteiger partial charge in [-0.3, -0.25) is 0 Å². The maximum Gasteiger partial charge on any atom is 0.426 e. The molecule has 2 atom stereocenters. The Morgan fingerprint density at radius 1 is 1.11 bits per heavy atom. The Morgan fingerprint density at radius 3 is 2.34 bits per heavy atom. The Kier molecular flexibility index (Phi) is 8.37. The molecular weight excluding hydrogens is 522 g/mol. The highest BCUT2D eigenvalue weighted by atomic mass is 19.4. The van der Waals surface area contributed by atoms with Crippen molar-refractivity contribution in [3.8, 4) is 11.6 Å². The number of aromatic nitrogens is 3. The van der Waals surface area contributed by atoms with Crippen LogP contribution in [0.15, 0.2) is 22.4 Å². The molecule has 3 N–H and O–H groups in total. The summed E-state index contributed by atoms with van der Waals surface area (Å²) in [6, 6.07) is 0.655. The highest BCUT2D eigenvalue weighted by Crippen LogP contribution is 2.45. The first-order chi connectivity index (χ1) is 17.5. The number of aliphatic hydroxyl groups excluding tert-OH is 1. The lowest BCUT2D eigenvalue weighted by molar-refractivity contribution is -0.277. The van der Waals surface area contributed by atoms with Crippen LogP contribution in [0.3, 0.4) is 0 Å². The van der Waals surface area contributed by atoms with Crippen LogP contribution in [-0.4, -0.2) is 37.2 Å². The molecule has 4 bridgehead atoms. The zero-order chi connectivity index (χ0) is 28.5. The molecule has 8 nitrogen and oxygen atoms in total. The molecule has 0 aromatic carbocycles. The first-order valence-corrected chi connectivity index (χ1v) is 12.0. The minimum Gasteiger partial charge on any atom is -0.474 e. The summed E-state index contributed by atoms with van der Waals surface area (Å²) < 4.78 is 94.8. The minimum atomic E-state index is -5.16. The van der Waals surface area contributed by atoms with Crippen molar-refractivity contribution in [3.05, 3.63) is 35.2 Å². The van der Waals surface area contributed by atoms with Gasteiger partial charge in [0.05, 0.1) is 23.0 Å². The number of allylic oxidation sites excluding steroid dienone is 1. The molecule has 38 heavy (non-hydrogen) atoms. The van der Waals surface area contributed by atoms with E-state index in [2.05, 4.69) is 20.5 Å². The zero-order valence-electron chi connectivity index (χ0n) is 21.3. The van der Waals surface area contributed by atoms with Gasteiger partial charge in [0, 0.05) is 0 Å². The van der Waals surface area contributed by atoms with E-state index >= 15 is 0 Å². The number of anilines is 1. The molecule has 1 aliphatic rings. The molecule has 1 aliphatic heterocycles. The first kappa shape index (κ1) is 29.7. The molecule has 0 amide bonds. The van der Waals surface area contributed by atoms with Crippen LogP contribution in [0.4, 0.5) is 32.0 Å². The van der Waals surface area contributed by atoms with Gasteiger partial charge >= 0.3 is 12.4 Å². The largest absolute Gasteiger partial charge is 0.474 e. The molecular formula is C24H30F6N4O4. The third-order valence-electron chi connectivity index (χ3n) is 5.83.